The highest BCUT2D eigenvalue weighted by Gasteiger charge is 2.43. The molecule has 1 saturated heterocycles. The molecule has 2 aromatic rings. The van der Waals surface area contributed by atoms with Crippen molar-refractivity contribution < 1.29 is 18.8 Å². The molecule has 1 amide bonds. The highest BCUT2D eigenvalue weighted by atomic mass is 35.5. The van der Waals surface area contributed by atoms with Crippen LogP contribution in [0.3, 0.4) is 0 Å². The fourth-order valence-corrected chi connectivity index (χ4v) is 5.40. The van der Waals surface area contributed by atoms with Crippen molar-refractivity contribution in [3.8, 4) is 0 Å². The van der Waals surface area contributed by atoms with Gasteiger partial charge in [-0.15, -0.1) is 0 Å². The van der Waals surface area contributed by atoms with Gasteiger partial charge in [0.15, 0.2) is 12.6 Å². The van der Waals surface area contributed by atoms with Gasteiger partial charge in [0.1, 0.15) is 6.61 Å². The second kappa shape index (κ2) is 11.7. The number of hydrogen-bond acceptors (Lipinski definition) is 3. The summed E-state index contributed by atoms with van der Waals surface area (Å²) in [5.41, 5.74) is 3.65. The molecule has 1 atom stereocenters. The van der Waals surface area contributed by atoms with Crippen molar-refractivity contribution in [1.82, 2.24) is 0 Å². The second-order valence-electron chi connectivity index (χ2n) is 9.21. The van der Waals surface area contributed by atoms with Crippen molar-refractivity contribution in [2.75, 3.05) is 25.0 Å². The highest BCUT2D eigenvalue weighted by Crippen LogP contribution is 2.29. The van der Waals surface area contributed by atoms with E-state index in [1.165, 1.54) is 0 Å². The van der Waals surface area contributed by atoms with Crippen molar-refractivity contribution >= 4 is 29.2 Å². The maximum absolute atomic E-state index is 13.6. The van der Waals surface area contributed by atoms with E-state index in [1.54, 1.807) is 0 Å². The fraction of sp³-hybridized carbons (Fsp3) is 0.481. The number of nitrogens with one attached hydrogen (secondary N) is 1. The minimum absolute atomic E-state index is 0.0382. The highest BCUT2D eigenvalue weighted by molar-refractivity contribution is 6.30. The average Bonchev–Trinajstić information content (AvgIpc) is 3.02. The van der Waals surface area contributed by atoms with Crippen LogP contribution in [-0.4, -0.2) is 42.0 Å². The molecule has 1 unspecified atom stereocenters. The van der Waals surface area contributed by atoms with Crippen LogP contribution in [0.2, 0.25) is 5.02 Å². The number of likely N-dealkylation sites (tertiary alicyclic amines) is 1. The third-order valence-corrected chi connectivity index (χ3v) is 6.96. The number of amides is 1. The predicted molar refractivity (Wildman–Crippen MR) is 133 cm³/mol. The summed E-state index contributed by atoms with van der Waals surface area (Å²) in [6, 6.07) is 13.1. The Morgan fingerprint density at radius 3 is 2.21 bits per heavy atom. The molecule has 5 nitrogen and oxygen atoms in total. The lowest BCUT2D eigenvalue weighted by Gasteiger charge is -2.42. The van der Waals surface area contributed by atoms with Crippen LogP contribution >= 0.6 is 11.6 Å². The number of esters is 1. The van der Waals surface area contributed by atoms with Gasteiger partial charge in [-0.1, -0.05) is 48.9 Å². The average molecular weight is 472 g/mol. The van der Waals surface area contributed by atoms with E-state index < -0.39 is 0 Å². The van der Waals surface area contributed by atoms with Gasteiger partial charge < -0.3 is 14.5 Å². The molecule has 2 aromatic carbocycles. The molecule has 1 heterocycles. The van der Waals surface area contributed by atoms with E-state index in [1.807, 2.05) is 63.2 Å². The normalized spacial score (nSPS) is 16.5. The van der Waals surface area contributed by atoms with E-state index in [2.05, 4.69) is 5.32 Å². The summed E-state index contributed by atoms with van der Waals surface area (Å²) in [6.45, 7) is 8.03. The van der Waals surface area contributed by atoms with Gasteiger partial charge in [-0.05, 0) is 68.4 Å². The molecule has 1 N–H and O–H groups in total. The van der Waals surface area contributed by atoms with Gasteiger partial charge in [-0.25, -0.2) is 4.79 Å². The van der Waals surface area contributed by atoms with Gasteiger partial charge in [0, 0.05) is 17.1 Å². The van der Waals surface area contributed by atoms with E-state index in [-0.39, 0.29) is 31.1 Å². The second-order valence-corrected chi connectivity index (χ2v) is 9.65. The zero-order valence-electron chi connectivity index (χ0n) is 20.0. The molecular formula is C27H36ClN2O3+. The maximum atomic E-state index is 13.6. The van der Waals surface area contributed by atoms with E-state index in [9.17, 15) is 9.59 Å². The van der Waals surface area contributed by atoms with Gasteiger partial charge in [-0.3, -0.25) is 4.79 Å². The van der Waals surface area contributed by atoms with Gasteiger partial charge >= 0.3 is 5.97 Å². The number of benzene rings is 2. The van der Waals surface area contributed by atoms with Crippen molar-refractivity contribution in [3.63, 3.8) is 0 Å². The quantitative estimate of drug-likeness (QED) is 0.390. The molecule has 6 heteroatoms. The van der Waals surface area contributed by atoms with E-state index in [0.717, 1.165) is 61.2 Å². The first-order chi connectivity index (χ1) is 15.8. The number of anilines is 1. The Morgan fingerprint density at radius 1 is 1.03 bits per heavy atom. The van der Waals surface area contributed by atoms with Crippen LogP contribution in [0.5, 0.6) is 0 Å². The van der Waals surface area contributed by atoms with Gasteiger partial charge in [0.05, 0.1) is 13.1 Å². The molecule has 0 spiro atoms. The number of ether oxygens (including phenoxy) is 1. The number of carbonyl (C=O) groups excluding carboxylic acids is 2. The molecule has 1 aliphatic rings. The molecule has 1 fully saturated rings. The van der Waals surface area contributed by atoms with Crippen LogP contribution in [0.4, 0.5) is 5.69 Å². The van der Waals surface area contributed by atoms with Crippen molar-refractivity contribution in [1.29, 1.82) is 0 Å². The van der Waals surface area contributed by atoms with Crippen molar-refractivity contribution in [3.05, 3.63) is 64.2 Å². The molecule has 178 valence electrons. The first-order valence-corrected chi connectivity index (χ1v) is 12.4. The van der Waals surface area contributed by atoms with Crippen molar-refractivity contribution in [2.24, 2.45) is 0 Å². The molecule has 33 heavy (non-hydrogen) atoms. The summed E-state index contributed by atoms with van der Waals surface area (Å²) in [5, 5.41) is 3.82. The summed E-state index contributed by atoms with van der Waals surface area (Å²) in [5.74, 6) is -0.283. The number of carbonyl (C=O) groups is 2. The molecule has 0 aliphatic carbocycles. The fourth-order valence-electron chi connectivity index (χ4n) is 5.08. The molecule has 0 radical (unpaired) electrons. The molecule has 3 rings (SSSR count). The van der Waals surface area contributed by atoms with Crippen LogP contribution in [0.15, 0.2) is 42.5 Å². The Labute approximate surface area is 202 Å². The third-order valence-electron chi connectivity index (χ3n) is 6.74. The topological polar surface area (TPSA) is 55.4 Å². The zero-order valence-corrected chi connectivity index (χ0v) is 20.8. The molecule has 0 saturated carbocycles. The van der Waals surface area contributed by atoms with E-state index in [0.29, 0.717) is 15.9 Å². The largest absolute Gasteiger partial charge is 0.457 e. The summed E-state index contributed by atoms with van der Waals surface area (Å²) >= 11 is 6.17. The maximum Gasteiger partial charge on any atom is 0.362 e. The van der Waals surface area contributed by atoms with Crippen LogP contribution in [0.25, 0.3) is 0 Å². The Hall–Kier alpha value is -2.37. The molecular weight excluding hydrogens is 436 g/mol. The summed E-state index contributed by atoms with van der Waals surface area (Å²) in [6.07, 6.45) is 4.94. The van der Waals surface area contributed by atoms with Crippen LogP contribution < -0.4 is 5.32 Å². The van der Waals surface area contributed by atoms with Gasteiger partial charge in [-0.2, -0.15) is 0 Å². The third kappa shape index (κ3) is 6.58. The standard InChI is InChI=1S/C27H35ClN2O3/c1-4-24(27(32)29-26-20(2)16-23(28)17-21(26)3)30(14-10-5-6-11-15-30)18-25(31)33-19-22-12-8-7-9-13-22/h7-9,12-13,16-17,24H,4-6,10-11,14-15,18-19H2,1-3H3/p+1. The lowest BCUT2D eigenvalue weighted by atomic mass is 10.0. The Kier molecular flexibility index (Phi) is 8.93. The number of aryl methyl sites for hydroxylation is 2. The van der Waals surface area contributed by atoms with Crippen LogP contribution in [0.1, 0.15) is 55.7 Å². The van der Waals surface area contributed by atoms with E-state index in [4.69, 9.17) is 16.3 Å². The van der Waals surface area contributed by atoms with Crippen LogP contribution in [0, 0.1) is 13.8 Å². The lowest BCUT2D eigenvalue weighted by molar-refractivity contribution is -0.935. The number of nitrogens with zero attached hydrogens (tertiary/aromatic N) is 1. The zero-order chi connectivity index (χ0) is 23.8. The summed E-state index contributed by atoms with van der Waals surface area (Å²) < 4.78 is 6.10. The Morgan fingerprint density at radius 2 is 1.64 bits per heavy atom. The molecule has 1 aliphatic heterocycles. The number of rotatable bonds is 8. The predicted octanol–water partition coefficient (Wildman–Crippen LogP) is 5.81. The van der Waals surface area contributed by atoms with Gasteiger partial charge in [0.25, 0.3) is 5.91 Å². The summed E-state index contributed by atoms with van der Waals surface area (Å²) in [7, 11) is 0. The monoisotopic (exact) mass is 471 g/mol. The number of quaternary nitrogens is 1. The Bertz CT molecular complexity index is 930. The molecule has 0 aromatic heterocycles. The van der Waals surface area contributed by atoms with Gasteiger partial charge in [0.2, 0.25) is 0 Å². The first kappa shape index (κ1) is 25.3. The molecule has 0 bridgehead atoms. The van der Waals surface area contributed by atoms with E-state index >= 15 is 0 Å². The first-order valence-electron chi connectivity index (χ1n) is 12.0. The SMILES string of the molecule is CCC(C(=O)Nc1c(C)cc(Cl)cc1C)[N+]1(CC(=O)OCc2ccccc2)CCCCCC1. The van der Waals surface area contributed by atoms with Crippen molar-refractivity contribution in [2.45, 2.75) is 65.5 Å². The minimum atomic E-state index is -0.318. The minimum Gasteiger partial charge on any atom is -0.457 e. The number of halogens is 1. The Balaban J connectivity index is 1.79. The summed E-state index contributed by atoms with van der Waals surface area (Å²) in [4.78, 5) is 26.6. The smallest absolute Gasteiger partial charge is 0.362 e. The number of hydrogen-bond donors (Lipinski definition) is 1. The van der Waals surface area contributed by atoms with Crippen LogP contribution in [-0.2, 0) is 20.9 Å². The lowest BCUT2D eigenvalue weighted by Crippen LogP contribution is -2.62.